The van der Waals surface area contributed by atoms with E-state index in [0.717, 1.165) is 12.0 Å². The number of nitrogens with one attached hydrogen (secondary N) is 2. The standard InChI is InChI=1S/C22H24ClN3O3/c23-18-10-5-3-8-16(18)13-14-24-20(27)12-2-1-7-15-26-21(28)17-9-4-6-11-19(17)25-22(26)29/h3-6,8-11H,1-2,7,12-15H2,(H,24,27)(H,25,29). The Bertz CT molecular complexity index is 1100. The van der Waals surface area contributed by atoms with Crippen molar-refractivity contribution in [3.05, 3.63) is 80.0 Å². The molecule has 7 heteroatoms. The average molecular weight is 414 g/mol. The number of H-pyrrole nitrogens is 1. The van der Waals surface area contributed by atoms with Crippen LogP contribution in [0, 0.1) is 0 Å². The lowest BCUT2D eigenvalue weighted by atomic mass is 10.1. The summed E-state index contributed by atoms with van der Waals surface area (Å²) in [5.41, 5.74) is 0.889. The highest BCUT2D eigenvalue weighted by Gasteiger charge is 2.07. The van der Waals surface area contributed by atoms with Gasteiger partial charge in [0.15, 0.2) is 0 Å². The van der Waals surface area contributed by atoms with Gasteiger partial charge in [-0.05, 0) is 43.0 Å². The van der Waals surface area contributed by atoms with E-state index in [1.165, 1.54) is 4.57 Å². The van der Waals surface area contributed by atoms with Crippen LogP contribution in [-0.4, -0.2) is 22.0 Å². The summed E-state index contributed by atoms with van der Waals surface area (Å²) in [6.07, 6.45) is 3.24. The second-order valence-corrected chi connectivity index (χ2v) is 7.34. The Morgan fingerprint density at radius 3 is 2.59 bits per heavy atom. The third-order valence-electron chi connectivity index (χ3n) is 4.85. The second-order valence-electron chi connectivity index (χ2n) is 6.93. The molecule has 2 aromatic carbocycles. The smallest absolute Gasteiger partial charge is 0.328 e. The molecule has 0 saturated carbocycles. The van der Waals surface area contributed by atoms with Gasteiger partial charge in [0.2, 0.25) is 5.91 Å². The number of amides is 1. The lowest BCUT2D eigenvalue weighted by molar-refractivity contribution is -0.121. The maximum Gasteiger partial charge on any atom is 0.328 e. The van der Waals surface area contributed by atoms with Crippen LogP contribution in [0.2, 0.25) is 5.02 Å². The van der Waals surface area contributed by atoms with Crippen LogP contribution >= 0.6 is 11.6 Å². The Balaban J connectivity index is 1.39. The molecule has 152 valence electrons. The van der Waals surface area contributed by atoms with Gasteiger partial charge in [0.1, 0.15) is 0 Å². The first-order valence-electron chi connectivity index (χ1n) is 9.78. The molecule has 0 bridgehead atoms. The lowest BCUT2D eigenvalue weighted by Crippen LogP contribution is -2.35. The molecule has 0 aliphatic carbocycles. The number of carbonyl (C=O) groups excluding carboxylic acids is 1. The minimum atomic E-state index is -0.397. The zero-order valence-electron chi connectivity index (χ0n) is 16.1. The Morgan fingerprint density at radius 2 is 1.76 bits per heavy atom. The van der Waals surface area contributed by atoms with Crippen LogP contribution in [0.3, 0.4) is 0 Å². The third-order valence-corrected chi connectivity index (χ3v) is 5.22. The van der Waals surface area contributed by atoms with E-state index in [-0.39, 0.29) is 11.5 Å². The van der Waals surface area contributed by atoms with E-state index in [1.807, 2.05) is 24.3 Å². The molecular weight excluding hydrogens is 390 g/mol. The Morgan fingerprint density at radius 1 is 1.00 bits per heavy atom. The molecular formula is C22H24ClN3O3. The molecule has 1 heterocycles. The van der Waals surface area contributed by atoms with Crippen molar-refractivity contribution < 1.29 is 4.79 Å². The molecule has 29 heavy (non-hydrogen) atoms. The van der Waals surface area contributed by atoms with E-state index in [2.05, 4.69) is 10.3 Å². The molecule has 3 aromatic rings. The van der Waals surface area contributed by atoms with Gasteiger partial charge in [0.05, 0.1) is 10.9 Å². The number of aromatic amines is 1. The SMILES string of the molecule is O=C(CCCCCn1c(=O)[nH]c2ccccc2c1=O)NCCc1ccccc1Cl. The molecule has 1 aromatic heterocycles. The first kappa shape index (κ1) is 20.9. The average Bonchev–Trinajstić information content (AvgIpc) is 2.71. The first-order valence-corrected chi connectivity index (χ1v) is 10.2. The number of unbranched alkanes of at least 4 members (excludes halogenated alkanes) is 2. The summed E-state index contributed by atoms with van der Waals surface area (Å²) in [5.74, 6) is -0.00206. The van der Waals surface area contributed by atoms with Crippen LogP contribution in [0.15, 0.2) is 58.1 Å². The molecule has 0 spiro atoms. The Labute approximate surface area is 173 Å². The molecule has 0 radical (unpaired) electrons. The van der Waals surface area contributed by atoms with Crippen molar-refractivity contribution in [1.82, 2.24) is 14.9 Å². The van der Waals surface area contributed by atoms with E-state index >= 15 is 0 Å². The van der Waals surface area contributed by atoms with E-state index in [9.17, 15) is 14.4 Å². The summed E-state index contributed by atoms with van der Waals surface area (Å²) < 4.78 is 1.23. The van der Waals surface area contributed by atoms with Crippen molar-refractivity contribution >= 4 is 28.4 Å². The number of fused-ring (bicyclic) bond motifs is 1. The van der Waals surface area contributed by atoms with Crippen molar-refractivity contribution in [3.63, 3.8) is 0 Å². The number of benzene rings is 2. The minimum Gasteiger partial charge on any atom is -0.356 e. The zero-order valence-corrected chi connectivity index (χ0v) is 16.9. The summed E-state index contributed by atoms with van der Waals surface area (Å²) in [6, 6.07) is 14.6. The molecule has 0 aliphatic heterocycles. The van der Waals surface area contributed by atoms with Crippen molar-refractivity contribution in [2.75, 3.05) is 6.54 Å². The predicted octanol–water partition coefficient (Wildman–Crippen LogP) is 3.26. The van der Waals surface area contributed by atoms with E-state index in [0.29, 0.717) is 54.7 Å². The van der Waals surface area contributed by atoms with Gasteiger partial charge in [-0.3, -0.25) is 14.2 Å². The van der Waals surface area contributed by atoms with Crippen molar-refractivity contribution in [2.24, 2.45) is 0 Å². The van der Waals surface area contributed by atoms with Crippen LogP contribution in [0.5, 0.6) is 0 Å². The third kappa shape index (κ3) is 5.57. The number of para-hydroxylation sites is 1. The maximum absolute atomic E-state index is 12.4. The fourth-order valence-electron chi connectivity index (χ4n) is 3.26. The highest BCUT2D eigenvalue weighted by atomic mass is 35.5. The molecule has 0 saturated heterocycles. The summed E-state index contributed by atoms with van der Waals surface area (Å²) in [7, 11) is 0. The fourth-order valence-corrected chi connectivity index (χ4v) is 3.49. The summed E-state index contributed by atoms with van der Waals surface area (Å²) in [6.45, 7) is 0.886. The zero-order chi connectivity index (χ0) is 20.6. The number of hydrogen-bond acceptors (Lipinski definition) is 3. The van der Waals surface area contributed by atoms with Gasteiger partial charge in [0, 0.05) is 24.5 Å². The molecule has 0 aliphatic rings. The van der Waals surface area contributed by atoms with Gasteiger partial charge in [0.25, 0.3) is 5.56 Å². The van der Waals surface area contributed by atoms with Crippen LogP contribution < -0.4 is 16.6 Å². The number of aromatic nitrogens is 2. The van der Waals surface area contributed by atoms with Gasteiger partial charge >= 0.3 is 5.69 Å². The van der Waals surface area contributed by atoms with Gasteiger partial charge < -0.3 is 10.3 Å². The van der Waals surface area contributed by atoms with Crippen LogP contribution in [0.4, 0.5) is 0 Å². The lowest BCUT2D eigenvalue weighted by Gasteiger charge is -2.08. The number of rotatable bonds is 9. The van der Waals surface area contributed by atoms with E-state index in [1.54, 1.807) is 24.3 Å². The number of halogens is 1. The minimum absolute atomic E-state index is 0.00206. The topological polar surface area (TPSA) is 84.0 Å². The van der Waals surface area contributed by atoms with Crippen LogP contribution in [0.25, 0.3) is 10.9 Å². The van der Waals surface area contributed by atoms with Crippen molar-refractivity contribution in [2.45, 2.75) is 38.6 Å². The molecule has 6 nitrogen and oxygen atoms in total. The highest BCUT2D eigenvalue weighted by Crippen LogP contribution is 2.14. The number of hydrogen-bond donors (Lipinski definition) is 2. The fraction of sp³-hybridized carbons (Fsp3) is 0.318. The molecule has 0 atom stereocenters. The molecule has 0 fully saturated rings. The largest absolute Gasteiger partial charge is 0.356 e. The highest BCUT2D eigenvalue weighted by molar-refractivity contribution is 6.31. The van der Waals surface area contributed by atoms with Gasteiger partial charge in [-0.1, -0.05) is 48.4 Å². The maximum atomic E-state index is 12.4. The van der Waals surface area contributed by atoms with Gasteiger partial charge in [-0.15, -0.1) is 0 Å². The monoisotopic (exact) mass is 413 g/mol. The quantitative estimate of drug-likeness (QED) is 0.528. The normalized spacial score (nSPS) is 10.9. The summed E-state index contributed by atoms with van der Waals surface area (Å²) >= 11 is 6.10. The van der Waals surface area contributed by atoms with E-state index < -0.39 is 5.69 Å². The number of nitrogens with zero attached hydrogens (tertiary/aromatic N) is 1. The molecule has 3 rings (SSSR count). The van der Waals surface area contributed by atoms with Gasteiger partial charge in [-0.2, -0.15) is 0 Å². The van der Waals surface area contributed by atoms with Gasteiger partial charge in [-0.25, -0.2) is 4.79 Å². The number of carbonyl (C=O) groups is 1. The summed E-state index contributed by atoms with van der Waals surface area (Å²) in [4.78, 5) is 39.3. The first-order chi connectivity index (χ1) is 14.1. The van der Waals surface area contributed by atoms with Crippen molar-refractivity contribution in [1.29, 1.82) is 0 Å². The summed E-state index contributed by atoms with van der Waals surface area (Å²) in [5, 5.41) is 4.11. The molecule has 1 amide bonds. The van der Waals surface area contributed by atoms with E-state index in [4.69, 9.17) is 11.6 Å². The Hall–Kier alpha value is -2.86. The van der Waals surface area contributed by atoms with Crippen LogP contribution in [-0.2, 0) is 17.8 Å². The predicted molar refractivity (Wildman–Crippen MR) is 115 cm³/mol. The molecule has 0 unspecified atom stereocenters. The molecule has 2 N–H and O–H groups in total. The van der Waals surface area contributed by atoms with Crippen molar-refractivity contribution in [3.8, 4) is 0 Å². The second kappa shape index (κ2) is 10.1. The Kier molecular flexibility index (Phi) is 7.25. The van der Waals surface area contributed by atoms with Crippen LogP contribution in [0.1, 0.15) is 31.2 Å².